The molecule has 132 valence electrons. The molecule has 1 saturated heterocycles. The van der Waals surface area contributed by atoms with Gasteiger partial charge in [-0.05, 0) is 56.0 Å². The second-order valence-corrected chi connectivity index (χ2v) is 7.34. The molecule has 2 aromatic heterocycles. The van der Waals surface area contributed by atoms with E-state index >= 15 is 0 Å². The molecule has 3 unspecified atom stereocenters. The highest BCUT2D eigenvalue weighted by Crippen LogP contribution is 2.39. The maximum Gasteiger partial charge on any atom is 0.272 e. The maximum atomic E-state index is 12.8. The van der Waals surface area contributed by atoms with Gasteiger partial charge in [0.15, 0.2) is 0 Å². The minimum atomic E-state index is 0.0717. The van der Waals surface area contributed by atoms with Crippen molar-refractivity contribution in [3.63, 3.8) is 0 Å². The third-order valence-electron chi connectivity index (χ3n) is 5.78. The second kappa shape index (κ2) is 7.00. The summed E-state index contributed by atoms with van der Waals surface area (Å²) >= 11 is 0. The number of pyridine rings is 1. The molecular formula is C20H25N3O2. The quantitative estimate of drug-likeness (QED) is 0.859. The highest BCUT2D eigenvalue weighted by atomic mass is 16.3. The highest BCUT2D eigenvalue weighted by molar-refractivity contribution is 5.92. The van der Waals surface area contributed by atoms with Gasteiger partial charge in [0.1, 0.15) is 11.5 Å². The Balaban J connectivity index is 1.45. The molecule has 0 bridgehead atoms. The molecule has 3 atom stereocenters. The van der Waals surface area contributed by atoms with Crippen molar-refractivity contribution in [3.05, 3.63) is 54.2 Å². The molecule has 2 aromatic rings. The van der Waals surface area contributed by atoms with Crippen molar-refractivity contribution in [3.8, 4) is 0 Å². The van der Waals surface area contributed by atoms with E-state index in [1.165, 1.54) is 19.3 Å². The first-order valence-electron chi connectivity index (χ1n) is 9.15. The predicted octanol–water partition coefficient (Wildman–Crippen LogP) is 3.05. The van der Waals surface area contributed by atoms with E-state index in [0.29, 0.717) is 23.6 Å². The lowest BCUT2D eigenvalue weighted by Crippen LogP contribution is -2.43. The van der Waals surface area contributed by atoms with E-state index in [0.717, 1.165) is 25.4 Å². The van der Waals surface area contributed by atoms with Gasteiger partial charge in [-0.25, -0.2) is 0 Å². The van der Waals surface area contributed by atoms with E-state index in [-0.39, 0.29) is 5.91 Å². The van der Waals surface area contributed by atoms with E-state index in [9.17, 15) is 4.79 Å². The minimum absolute atomic E-state index is 0.0717. The number of hydrogen-bond donors (Lipinski definition) is 0. The van der Waals surface area contributed by atoms with Crippen molar-refractivity contribution < 1.29 is 9.21 Å². The van der Waals surface area contributed by atoms with Crippen LogP contribution in [0.25, 0.3) is 0 Å². The lowest BCUT2D eigenvalue weighted by Gasteiger charge is -2.38. The Kier molecular flexibility index (Phi) is 4.57. The van der Waals surface area contributed by atoms with Gasteiger partial charge in [-0.1, -0.05) is 12.5 Å². The monoisotopic (exact) mass is 339 g/mol. The summed E-state index contributed by atoms with van der Waals surface area (Å²) in [5.41, 5.74) is 0.557. The lowest BCUT2D eigenvalue weighted by molar-refractivity contribution is 0.0761. The average molecular weight is 339 g/mol. The van der Waals surface area contributed by atoms with Gasteiger partial charge in [0, 0.05) is 25.3 Å². The molecule has 5 nitrogen and oxygen atoms in total. The van der Waals surface area contributed by atoms with Crippen LogP contribution in [0, 0.1) is 11.8 Å². The van der Waals surface area contributed by atoms with Crippen molar-refractivity contribution in [2.75, 3.05) is 20.1 Å². The Labute approximate surface area is 148 Å². The second-order valence-electron chi connectivity index (χ2n) is 7.34. The zero-order valence-electron chi connectivity index (χ0n) is 14.7. The van der Waals surface area contributed by atoms with Crippen molar-refractivity contribution >= 4 is 5.91 Å². The number of likely N-dealkylation sites (tertiary alicyclic amines) is 1. The smallest absolute Gasteiger partial charge is 0.272 e. The zero-order chi connectivity index (χ0) is 17.2. The number of rotatable bonds is 4. The molecule has 2 aliphatic rings. The van der Waals surface area contributed by atoms with Gasteiger partial charge in [0.05, 0.1) is 12.8 Å². The Morgan fingerprint density at radius 3 is 2.96 bits per heavy atom. The van der Waals surface area contributed by atoms with Crippen molar-refractivity contribution in [2.45, 2.75) is 31.8 Å². The number of amides is 1. The van der Waals surface area contributed by atoms with E-state index in [4.69, 9.17) is 4.42 Å². The fourth-order valence-corrected chi connectivity index (χ4v) is 4.57. The van der Waals surface area contributed by atoms with Gasteiger partial charge < -0.3 is 9.32 Å². The summed E-state index contributed by atoms with van der Waals surface area (Å²) in [6.07, 6.45) is 7.08. The number of hydrogen-bond acceptors (Lipinski definition) is 4. The van der Waals surface area contributed by atoms with Crippen LogP contribution in [0.5, 0.6) is 0 Å². The Bertz CT molecular complexity index is 701. The first-order chi connectivity index (χ1) is 12.2. The Morgan fingerprint density at radius 1 is 1.28 bits per heavy atom. The van der Waals surface area contributed by atoms with E-state index in [1.807, 2.05) is 35.2 Å². The summed E-state index contributed by atoms with van der Waals surface area (Å²) in [6.45, 7) is 2.54. The molecule has 0 radical (unpaired) electrons. The van der Waals surface area contributed by atoms with Crippen LogP contribution in [0.1, 0.15) is 35.5 Å². The molecule has 1 saturated carbocycles. The largest absolute Gasteiger partial charge is 0.468 e. The number of fused-ring (bicyclic) bond motifs is 1. The van der Waals surface area contributed by atoms with E-state index < -0.39 is 0 Å². The number of carbonyl (C=O) groups excluding carboxylic acids is 1. The highest BCUT2D eigenvalue weighted by Gasteiger charge is 2.43. The van der Waals surface area contributed by atoms with Gasteiger partial charge in [-0.3, -0.25) is 14.7 Å². The molecule has 1 aliphatic heterocycles. The molecule has 1 amide bonds. The third-order valence-corrected chi connectivity index (χ3v) is 5.78. The van der Waals surface area contributed by atoms with Crippen molar-refractivity contribution in [1.82, 2.24) is 14.8 Å². The lowest BCUT2D eigenvalue weighted by atomic mass is 9.77. The van der Waals surface area contributed by atoms with Gasteiger partial charge in [-0.2, -0.15) is 0 Å². The molecule has 0 aromatic carbocycles. The van der Waals surface area contributed by atoms with Crippen LogP contribution in [0.15, 0.2) is 47.2 Å². The molecular weight excluding hydrogens is 314 g/mol. The maximum absolute atomic E-state index is 12.8. The van der Waals surface area contributed by atoms with Crippen LogP contribution < -0.4 is 0 Å². The van der Waals surface area contributed by atoms with E-state index in [2.05, 4.69) is 16.9 Å². The van der Waals surface area contributed by atoms with Gasteiger partial charge >= 0.3 is 0 Å². The zero-order valence-corrected chi connectivity index (χ0v) is 14.7. The van der Waals surface area contributed by atoms with Crippen LogP contribution >= 0.6 is 0 Å². The van der Waals surface area contributed by atoms with Gasteiger partial charge in [-0.15, -0.1) is 0 Å². The number of nitrogens with zero attached hydrogens (tertiary/aromatic N) is 3. The molecule has 4 rings (SSSR count). The van der Waals surface area contributed by atoms with Crippen LogP contribution in [-0.2, 0) is 6.54 Å². The Morgan fingerprint density at radius 2 is 2.20 bits per heavy atom. The normalized spacial score (nSPS) is 26.0. The minimum Gasteiger partial charge on any atom is -0.468 e. The fourth-order valence-electron chi connectivity index (χ4n) is 4.57. The summed E-state index contributed by atoms with van der Waals surface area (Å²) in [4.78, 5) is 21.4. The van der Waals surface area contributed by atoms with Crippen LogP contribution in [0.2, 0.25) is 0 Å². The number of aromatic nitrogens is 1. The summed E-state index contributed by atoms with van der Waals surface area (Å²) in [7, 11) is 2.18. The Hall–Kier alpha value is -2.14. The summed E-state index contributed by atoms with van der Waals surface area (Å²) < 4.78 is 5.51. The molecule has 3 heterocycles. The summed E-state index contributed by atoms with van der Waals surface area (Å²) in [5, 5.41) is 0. The molecule has 2 fully saturated rings. The number of carbonyl (C=O) groups is 1. The fraction of sp³-hybridized carbons (Fsp3) is 0.500. The molecule has 5 heteroatoms. The molecule has 1 aliphatic carbocycles. The summed E-state index contributed by atoms with van der Waals surface area (Å²) in [6, 6.07) is 10.0. The van der Waals surface area contributed by atoms with Gasteiger partial charge in [0.2, 0.25) is 0 Å². The van der Waals surface area contributed by atoms with Crippen molar-refractivity contribution in [2.24, 2.45) is 11.8 Å². The molecule has 25 heavy (non-hydrogen) atoms. The van der Waals surface area contributed by atoms with Crippen molar-refractivity contribution in [1.29, 1.82) is 0 Å². The first-order valence-corrected chi connectivity index (χ1v) is 9.15. The van der Waals surface area contributed by atoms with E-state index in [1.54, 1.807) is 12.5 Å². The van der Waals surface area contributed by atoms with Crippen LogP contribution in [0.3, 0.4) is 0 Å². The van der Waals surface area contributed by atoms with Crippen LogP contribution in [0.4, 0.5) is 0 Å². The van der Waals surface area contributed by atoms with Gasteiger partial charge in [0.25, 0.3) is 5.91 Å². The predicted molar refractivity (Wildman–Crippen MR) is 94.9 cm³/mol. The number of furan rings is 1. The third kappa shape index (κ3) is 3.33. The average Bonchev–Trinajstić information content (AvgIpc) is 3.30. The van der Waals surface area contributed by atoms with Crippen LogP contribution in [-0.4, -0.2) is 46.9 Å². The SMILES string of the molecule is CN(Cc1ccco1)C1CCCC2CN(C(=O)c3ccccn3)CC21. The molecule has 0 spiro atoms. The first kappa shape index (κ1) is 16.3. The summed E-state index contributed by atoms with van der Waals surface area (Å²) in [5.74, 6) is 2.22. The topological polar surface area (TPSA) is 49.6 Å². The molecule has 0 N–H and O–H groups in total. The standard InChI is InChI=1S/C20H25N3O2/c1-22(13-16-7-5-11-25-16)19-9-4-6-15-12-23(14-17(15)19)20(24)18-8-2-3-10-21-18/h2-3,5,7-8,10-11,15,17,19H,4,6,9,12-14H2,1H3.